The van der Waals surface area contributed by atoms with E-state index in [1.165, 1.54) is 17.3 Å². The maximum Gasteiger partial charge on any atom is 0.257 e. The molecular weight excluding hydrogens is 294 g/mol. The van der Waals surface area contributed by atoms with Gasteiger partial charge in [0.2, 0.25) is 0 Å². The monoisotopic (exact) mass is 305 g/mol. The summed E-state index contributed by atoms with van der Waals surface area (Å²) in [6, 6.07) is 11.6. The summed E-state index contributed by atoms with van der Waals surface area (Å²) in [6.45, 7) is 2.04. The predicted molar refractivity (Wildman–Crippen MR) is 80.3 cm³/mol. The number of rotatable bonds is 2. The first-order valence-corrected chi connectivity index (χ1v) is 7.31. The zero-order chi connectivity index (χ0) is 14.3. The number of hydrogen-bond donors (Lipinski definition) is 2. The Balaban J connectivity index is 1.94. The number of aliphatic hydroxyl groups is 1. The average Bonchev–Trinajstić information content (AvgIpc) is 2.69. The van der Waals surface area contributed by atoms with Crippen molar-refractivity contribution in [3.63, 3.8) is 0 Å². The molecule has 2 aromatic carbocycles. The quantitative estimate of drug-likeness (QED) is 0.887. The molecule has 0 aliphatic carbocycles. The Morgan fingerprint density at radius 2 is 1.95 bits per heavy atom. The van der Waals surface area contributed by atoms with Crippen molar-refractivity contribution in [2.45, 2.75) is 22.8 Å². The van der Waals surface area contributed by atoms with Crippen molar-refractivity contribution < 1.29 is 9.90 Å². The fourth-order valence-corrected chi connectivity index (χ4v) is 3.20. The van der Waals surface area contributed by atoms with E-state index in [1.54, 1.807) is 12.1 Å². The molecule has 1 atom stereocenters. The summed E-state index contributed by atoms with van der Waals surface area (Å²) in [5.41, 5.74) is 2.36. The van der Waals surface area contributed by atoms with E-state index in [0.29, 0.717) is 16.3 Å². The molecular formula is C15H12ClNO2S. The van der Waals surface area contributed by atoms with Gasteiger partial charge in [0.05, 0.1) is 5.02 Å². The third-order valence-corrected chi connectivity index (χ3v) is 4.64. The Morgan fingerprint density at radius 3 is 2.65 bits per heavy atom. The minimum absolute atomic E-state index is 0.409. The van der Waals surface area contributed by atoms with Gasteiger partial charge in [-0.25, -0.2) is 0 Å². The van der Waals surface area contributed by atoms with Crippen molar-refractivity contribution in [3.8, 4) is 0 Å². The van der Waals surface area contributed by atoms with Crippen LogP contribution in [0.4, 0.5) is 5.69 Å². The van der Waals surface area contributed by atoms with Gasteiger partial charge in [-0.15, -0.1) is 0 Å². The van der Waals surface area contributed by atoms with Crippen LogP contribution in [0.5, 0.6) is 0 Å². The predicted octanol–water partition coefficient (Wildman–Crippen LogP) is 3.79. The Bertz CT molecular complexity index is 685. The number of fused-ring (bicyclic) bond motifs is 1. The molecule has 0 bridgehead atoms. The fourth-order valence-electron chi connectivity index (χ4n) is 2.06. The molecule has 0 saturated carbocycles. The molecule has 0 radical (unpaired) electrons. The third-order valence-electron chi connectivity index (χ3n) is 3.15. The SMILES string of the molecule is Cc1ccc(Sc2cc3c(cc2Cl)C(O)C(=O)N3)cc1. The molecule has 0 spiro atoms. The molecule has 0 saturated heterocycles. The van der Waals surface area contributed by atoms with Gasteiger partial charge >= 0.3 is 0 Å². The van der Waals surface area contributed by atoms with Gasteiger partial charge in [-0.1, -0.05) is 41.1 Å². The number of aryl methyl sites for hydroxylation is 1. The first kappa shape index (κ1) is 13.5. The van der Waals surface area contributed by atoms with Crippen LogP contribution in [-0.4, -0.2) is 11.0 Å². The van der Waals surface area contributed by atoms with Crippen LogP contribution < -0.4 is 5.32 Å². The molecule has 1 unspecified atom stereocenters. The highest BCUT2D eigenvalue weighted by Crippen LogP contribution is 2.41. The summed E-state index contributed by atoms with van der Waals surface area (Å²) in [4.78, 5) is 13.4. The Hall–Kier alpha value is -1.49. The summed E-state index contributed by atoms with van der Waals surface area (Å²) < 4.78 is 0. The van der Waals surface area contributed by atoms with Crippen molar-refractivity contribution in [3.05, 3.63) is 52.5 Å². The standard InChI is InChI=1S/C15H12ClNO2S/c1-8-2-4-9(5-3-8)20-13-7-12-10(6-11(13)16)14(18)15(19)17-12/h2-7,14,18H,1H3,(H,17,19). The number of amides is 1. The smallest absolute Gasteiger partial charge is 0.257 e. The van der Waals surface area contributed by atoms with Gasteiger partial charge in [0.15, 0.2) is 6.10 Å². The minimum atomic E-state index is -1.12. The van der Waals surface area contributed by atoms with Crippen LogP contribution in [0.3, 0.4) is 0 Å². The van der Waals surface area contributed by atoms with Gasteiger partial charge in [0.1, 0.15) is 0 Å². The lowest BCUT2D eigenvalue weighted by atomic mass is 10.1. The fraction of sp³-hybridized carbons (Fsp3) is 0.133. The summed E-state index contributed by atoms with van der Waals surface area (Å²) in [6.07, 6.45) is -1.12. The first-order valence-electron chi connectivity index (χ1n) is 6.11. The van der Waals surface area contributed by atoms with Crippen LogP contribution in [0.25, 0.3) is 0 Å². The van der Waals surface area contributed by atoms with Gasteiger partial charge < -0.3 is 10.4 Å². The van der Waals surface area contributed by atoms with Crippen LogP contribution in [0, 0.1) is 6.92 Å². The van der Waals surface area contributed by atoms with Gasteiger partial charge in [0.25, 0.3) is 5.91 Å². The summed E-state index contributed by atoms with van der Waals surface area (Å²) >= 11 is 7.76. The number of benzene rings is 2. The van der Waals surface area contributed by atoms with Gasteiger partial charge in [-0.05, 0) is 31.2 Å². The van der Waals surface area contributed by atoms with Crippen molar-refractivity contribution in [1.82, 2.24) is 0 Å². The highest BCUT2D eigenvalue weighted by molar-refractivity contribution is 7.99. The Morgan fingerprint density at radius 1 is 1.25 bits per heavy atom. The summed E-state index contributed by atoms with van der Waals surface area (Å²) in [5, 5.41) is 12.9. The number of aliphatic hydroxyl groups excluding tert-OH is 1. The van der Waals surface area contributed by atoms with E-state index in [2.05, 4.69) is 5.32 Å². The molecule has 1 heterocycles. The molecule has 1 aliphatic heterocycles. The van der Waals surface area contributed by atoms with E-state index in [9.17, 15) is 9.90 Å². The molecule has 2 N–H and O–H groups in total. The van der Waals surface area contributed by atoms with Crippen LogP contribution in [0.2, 0.25) is 5.02 Å². The van der Waals surface area contributed by atoms with Crippen molar-refractivity contribution >= 4 is 35.0 Å². The van der Waals surface area contributed by atoms with Gasteiger partial charge in [-0.3, -0.25) is 4.79 Å². The maximum absolute atomic E-state index is 11.4. The lowest BCUT2D eigenvalue weighted by Crippen LogP contribution is -2.10. The average molecular weight is 306 g/mol. The van der Waals surface area contributed by atoms with Crippen molar-refractivity contribution in [1.29, 1.82) is 0 Å². The van der Waals surface area contributed by atoms with E-state index in [0.717, 1.165) is 9.79 Å². The van der Waals surface area contributed by atoms with Crippen LogP contribution in [0.15, 0.2) is 46.2 Å². The largest absolute Gasteiger partial charge is 0.378 e. The molecule has 1 aliphatic rings. The highest BCUT2D eigenvalue weighted by Gasteiger charge is 2.29. The molecule has 0 aromatic heterocycles. The molecule has 2 aromatic rings. The molecule has 102 valence electrons. The van der Waals surface area contributed by atoms with E-state index in [1.807, 2.05) is 31.2 Å². The van der Waals surface area contributed by atoms with E-state index in [4.69, 9.17) is 11.6 Å². The Kier molecular flexibility index (Phi) is 3.46. The number of carbonyl (C=O) groups excluding carboxylic acids is 1. The number of hydrogen-bond acceptors (Lipinski definition) is 3. The normalized spacial score (nSPS) is 16.9. The third kappa shape index (κ3) is 2.42. The van der Waals surface area contributed by atoms with E-state index < -0.39 is 12.0 Å². The maximum atomic E-state index is 11.4. The van der Waals surface area contributed by atoms with E-state index >= 15 is 0 Å². The zero-order valence-corrected chi connectivity index (χ0v) is 12.3. The van der Waals surface area contributed by atoms with Crippen molar-refractivity contribution in [2.24, 2.45) is 0 Å². The van der Waals surface area contributed by atoms with Gasteiger partial charge in [0, 0.05) is 21.0 Å². The van der Waals surface area contributed by atoms with Gasteiger partial charge in [-0.2, -0.15) is 0 Å². The Labute approximate surface area is 126 Å². The summed E-state index contributed by atoms with van der Waals surface area (Å²) in [5.74, 6) is -0.409. The topological polar surface area (TPSA) is 49.3 Å². The van der Waals surface area contributed by atoms with E-state index in [-0.39, 0.29) is 0 Å². The number of halogens is 1. The molecule has 5 heteroatoms. The highest BCUT2D eigenvalue weighted by atomic mass is 35.5. The lowest BCUT2D eigenvalue weighted by molar-refractivity contribution is -0.123. The van der Waals surface area contributed by atoms with Crippen molar-refractivity contribution in [2.75, 3.05) is 5.32 Å². The lowest BCUT2D eigenvalue weighted by Gasteiger charge is -2.08. The molecule has 3 rings (SSSR count). The van der Waals surface area contributed by atoms with Crippen LogP contribution in [0.1, 0.15) is 17.2 Å². The molecule has 1 amide bonds. The number of anilines is 1. The molecule has 20 heavy (non-hydrogen) atoms. The second-order valence-corrected chi connectivity index (χ2v) is 6.20. The second-order valence-electron chi connectivity index (χ2n) is 4.68. The zero-order valence-electron chi connectivity index (χ0n) is 10.7. The van der Waals surface area contributed by atoms with Crippen LogP contribution >= 0.6 is 23.4 Å². The minimum Gasteiger partial charge on any atom is -0.378 e. The summed E-state index contributed by atoms with van der Waals surface area (Å²) in [7, 11) is 0. The molecule has 3 nitrogen and oxygen atoms in total. The van der Waals surface area contributed by atoms with Crippen LogP contribution in [-0.2, 0) is 4.79 Å². The first-order chi connectivity index (χ1) is 9.54. The second kappa shape index (κ2) is 5.13. The number of carbonyl (C=O) groups is 1. The number of nitrogens with one attached hydrogen (secondary N) is 1. The molecule has 0 fully saturated rings.